The molecule has 2 aromatic heterocycles. The fraction of sp³-hybridized carbons (Fsp3) is 0.250. The zero-order valence-electron chi connectivity index (χ0n) is 10.2. The Kier molecular flexibility index (Phi) is 2.36. The predicted octanol–water partition coefficient (Wildman–Crippen LogP) is 5.37. The third-order valence-corrected chi connectivity index (χ3v) is 6.08. The van der Waals surface area contributed by atoms with Crippen LogP contribution in [-0.4, -0.2) is 0 Å². The van der Waals surface area contributed by atoms with Crippen LogP contribution in [0.1, 0.15) is 16.2 Å². The Hall–Kier alpha value is -1.12. The second-order valence-corrected chi connectivity index (χ2v) is 7.46. The zero-order valence-corrected chi connectivity index (χ0v) is 11.9. The van der Waals surface area contributed by atoms with E-state index in [1.807, 2.05) is 22.7 Å². The second-order valence-electron chi connectivity index (χ2n) is 5.09. The van der Waals surface area contributed by atoms with Crippen LogP contribution < -0.4 is 0 Å². The fourth-order valence-corrected chi connectivity index (χ4v) is 4.72. The van der Waals surface area contributed by atoms with Gasteiger partial charge < -0.3 is 0 Å². The summed E-state index contributed by atoms with van der Waals surface area (Å²) < 4.78 is 0. The molecule has 4 rings (SSSR count). The first kappa shape index (κ1) is 10.8. The third-order valence-electron chi connectivity index (χ3n) is 3.75. The molecule has 0 amide bonds. The van der Waals surface area contributed by atoms with Gasteiger partial charge in [0.1, 0.15) is 0 Å². The lowest BCUT2D eigenvalue weighted by atomic mass is 10.0. The smallest absolute Gasteiger partial charge is 0.0449 e. The summed E-state index contributed by atoms with van der Waals surface area (Å²) in [6, 6.07) is 9.03. The summed E-state index contributed by atoms with van der Waals surface area (Å²) in [6.45, 7) is 2.17. The van der Waals surface area contributed by atoms with E-state index in [0.29, 0.717) is 0 Å². The van der Waals surface area contributed by atoms with Gasteiger partial charge in [0.2, 0.25) is 0 Å². The van der Waals surface area contributed by atoms with Gasteiger partial charge in [-0.1, -0.05) is 18.2 Å². The number of fused-ring (bicyclic) bond motifs is 1. The lowest BCUT2D eigenvalue weighted by Gasteiger charge is -2.05. The summed E-state index contributed by atoms with van der Waals surface area (Å²) in [4.78, 5) is 5.67. The summed E-state index contributed by atoms with van der Waals surface area (Å²) in [5.74, 6) is 1.64. The molecular formula is C16H14S2. The molecule has 0 bridgehead atoms. The molecule has 0 spiro atoms. The first-order valence-electron chi connectivity index (χ1n) is 6.37. The Morgan fingerprint density at radius 1 is 1.00 bits per heavy atom. The van der Waals surface area contributed by atoms with Crippen molar-refractivity contribution in [3.8, 4) is 9.75 Å². The Bertz CT molecular complexity index is 654. The maximum Gasteiger partial charge on any atom is 0.0449 e. The molecule has 2 aliphatic carbocycles. The number of aryl methyl sites for hydroxylation is 1. The second kappa shape index (κ2) is 3.94. The molecule has 2 aromatic rings. The maximum absolute atomic E-state index is 2.35. The molecule has 1 fully saturated rings. The topological polar surface area (TPSA) is 0 Å². The van der Waals surface area contributed by atoms with Gasteiger partial charge >= 0.3 is 0 Å². The molecule has 1 saturated carbocycles. The third kappa shape index (κ3) is 1.72. The van der Waals surface area contributed by atoms with E-state index in [9.17, 15) is 0 Å². The first-order chi connectivity index (χ1) is 8.81. The molecular weight excluding hydrogens is 256 g/mol. The number of hydrogen-bond acceptors (Lipinski definition) is 2. The maximum atomic E-state index is 2.35. The van der Waals surface area contributed by atoms with Crippen LogP contribution in [0.5, 0.6) is 0 Å². The van der Waals surface area contributed by atoms with Crippen LogP contribution >= 0.6 is 22.7 Å². The summed E-state index contributed by atoms with van der Waals surface area (Å²) in [6.07, 6.45) is 8.25. The normalized spacial score (nSPS) is 24.8. The molecule has 0 radical (unpaired) electrons. The molecule has 2 heterocycles. The number of thiophene rings is 2. The summed E-state index contributed by atoms with van der Waals surface area (Å²) in [5.41, 5.74) is 1.56. The largest absolute Gasteiger partial charge is 0.140 e. The van der Waals surface area contributed by atoms with Crippen molar-refractivity contribution < 1.29 is 0 Å². The van der Waals surface area contributed by atoms with Crippen LogP contribution in [-0.2, 0) is 0 Å². The molecule has 0 aromatic carbocycles. The molecule has 18 heavy (non-hydrogen) atoms. The monoisotopic (exact) mass is 270 g/mol. The summed E-state index contributed by atoms with van der Waals surface area (Å²) in [5, 5.41) is 0. The number of allylic oxidation sites excluding steroid dienone is 4. The van der Waals surface area contributed by atoms with Crippen LogP contribution in [0.15, 0.2) is 42.5 Å². The molecule has 90 valence electrons. The average molecular weight is 270 g/mol. The highest BCUT2D eigenvalue weighted by Gasteiger charge is 2.39. The minimum absolute atomic E-state index is 0.812. The fourth-order valence-electron chi connectivity index (χ4n) is 2.67. The van der Waals surface area contributed by atoms with Crippen LogP contribution in [0.25, 0.3) is 15.3 Å². The molecule has 2 unspecified atom stereocenters. The lowest BCUT2D eigenvalue weighted by Crippen LogP contribution is -1.88. The van der Waals surface area contributed by atoms with E-state index in [0.717, 1.165) is 11.8 Å². The van der Waals surface area contributed by atoms with Gasteiger partial charge in [0.25, 0.3) is 0 Å². The van der Waals surface area contributed by atoms with E-state index < -0.39 is 0 Å². The molecule has 0 aliphatic heterocycles. The van der Waals surface area contributed by atoms with Gasteiger partial charge in [-0.05, 0) is 55.0 Å². The van der Waals surface area contributed by atoms with Crippen molar-refractivity contribution in [1.29, 1.82) is 0 Å². The number of hydrogen-bond donors (Lipinski definition) is 0. The van der Waals surface area contributed by atoms with Crippen molar-refractivity contribution in [3.05, 3.63) is 52.2 Å². The van der Waals surface area contributed by atoms with Gasteiger partial charge in [-0.2, -0.15) is 0 Å². The van der Waals surface area contributed by atoms with Crippen molar-refractivity contribution >= 4 is 28.2 Å². The Labute approximate surface area is 115 Å². The molecule has 0 nitrogen and oxygen atoms in total. The van der Waals surface area contributed by atoms with E-state index in [2.05, 4.69) is 49.4 Å². The van der Waals surface area contributed by atoms with Gasteiger partial charge in [0, 0.05) is 19.5 Å². The first-order valence-corrected chi connectivity index (χ1v) is 8.00. The number of rotatable bonds is 2. The molecule has 2 aliphatic rings. The van der Waals surface area contributed by atoms with Crippen LogP contribution in [0, 0.1) is 18.8 Å². The van der Waals surface area contributed by atoms with Gasteiger partial charge in [-0.25, -0.2) is 0 Å². The van der Waals surface area contributed by atoms with Gasteiger partial charge in [0.15, 0.2) is 0 Å². The highest BCUT2D eigenvalue weighted by molar-refractivity contribution is 7.22. The highest BCUT2D eigenvalue weighted by Crippen LogP contribution is 2.52. The zero-order chi connectivity index (χ0) is 12.1. The van der Waals surface area contributed by atoms with E-state index >= 15 is 0 Å². The quantitative estimate of drug-likeness (QED) is 0.687. The van der Waals surface area contributed by atoms with E-state index in [4.69, 9.17) is 0 Å². The molecule has 2 heteroatoms. The van der Waals surface area contributed by atoms with Crippen molar-refractivity contribution in [1.82, 2.24) is 0 Å². The van der Waals surface area contributed by atoms with Crippen molar-refractivity contribution in [3.63, 3.8) is 0 Å². The lowest BCUT2D eigenvalue weighted by molar-refractivity contribution is 1.00. The SMILES string of the molecule is Cc1ccc(-c2ccc(C3=CC=CC4CC34)s2)s1. The average Bonchev–Trinajstić information content (AvgIpc) is 2.81. The van der Waals surface area contributed by atoms with Crippen LogP contribution in [0.4, 0.5) is 0 Å². The van der Waals surface area contributed by atoms with Crippen molar-refractivity contribution in [2.24, 2.45) is 11.8 Å². The van der Waals surface area contributed by atoms with Crippen molar-refractivity contribution in [2.45, 2.75) is 13.3 Å². The van der Waals surface area contributed by atoms with Gasteiger partial charge in [-0.3, -0.25) is 0 Å². The summed E-state index contributed by atoms with van der Waals surface area (Å²) >= 11 is 3.83. The Morgan fingerprint density at radius 3 is 2.61 bits per heavy atom. The minimum Gasteiger partial charge on any atom is -0.140 e. The van der Waals surface area contributed by atoms with E-state index in [1.165, 1.54) is 25.9 Å². The molecule has 2 atom stereocenters. The van der Waals surface area contributed by atoms with Crippen LogP contribution in [0.2, 0.25) is 0 Å². The Morgan fingerprint density at radius 2 is 1.78 bits per heavy atom. The highest BCUT2D eigenvalue weighted by atomic mass is 32.1. The van der Waals surface area contributed by atoms with Gasteiger partial charge in [0.05, 0.1) is 0 Å². The van der Waals surface area contributed by atoms with Crippen molar-refractivity contribution in [2.75, 3.05) is 0 Å². The minimum atomic E-state index is 0.812. The molecule has 0 saturated heterocycles. The summed E-state index contributed by atoms with van der Waals surface area (Å²) in [7, 11) is 0. The van der Waals surface area contributed by atoms with Crippen LogP contribution in [0.3, 0.4) is 0 Å². The van der Waals surface area contributed by atoms with E-state index in [1.54, 1.807) is 5.57 Å². The Balaban J connectivity index is 1.70. The standard InChI is InChI=1S/C16H14S2/c1-10-5-6-15(17-10)16-8-7-14(18-16)12-4-2-3-11-9-13(11)12/h2-8,11,13H,9H2,1H3. The predicted molar refractivity (Wildman–Crippen MR) is 81.1 cm³/mol. The van der Waals surface area contributed by atoms with E-state index in [-0.39, 0.29) is 0 Å². The molecule has 0 N–H and O–H groups in total. The van der Waals surface area contributed by atoms with Gasteiger partial charge in [-0.15, -0.1) is 22.7 Å².